The summed E-state index contributed by atoms with van der Waals surface area (Å²) in [7, 11) is -2.99. The highest BCUT2D eigenvalue weighted by molar-refractivity contribution is 7.91. The summed E-state index contributed by atoms with van der Waals surface area (Å²) in [5.74, 6) is 0.0890. The van der Waals surface area contributed by atoms with Crippen LogP contribution in [0.1, 0.15) is 0 Å². The van der Waals surface area contributed by atoms with Crippen LogP contribution in [0.4, 0.5) is 0 Å². The van der Waals surface area contributed by atoms with E-state index >= 15 is 0 Å². The number of hydrogen-bond donors (Lipinski definition) is 1. The molecule has 2 atom stereocenters. The zero-order valence-corrected chi connectivity index (χ0v) is 8.27. The largest absolute Gasteiger partial charge is 0.356 e. The number of carbonyl (C=O) groups excluding carboxylic acids is 1. The Balaban J connectivity index is 2.29. The van der Waals surface area contributed by atoms with Gasteiger partial charge in [-0.1, -0.05) is 0 Å². The molecule has 5 nitrogen and oxygen atoms in total. The fourth-order valence-electron chi connectivity index (χ4n) is 1.75. The summed E-state index contributed by atoms with van der Waals surface area (Å²) >= 11 is 4.86. The van der Waals surface area contributed by atoms with Crippen molar-refractivity contribution in [2.24, 2.45) is 0 Å². The summed E-state index contributed by atoms with van der Waals surface area (Å²) in [4.78, 5) is 11.9. The molecule has 0 radical (unpaired) electrons. The predicted molar refractivity (Wildman–Crippen MR) is 49.9 cm³/mol. The van der Waals surface area contributed by atoms with Crippen molar-refractivity contribution in [2.75, 3.05) is 11.5 Å². The minimum absolute atomic E-state index is 0.0174. The average Bonchev–Trinajstić information content (AvgIpc) is 2.39. The highest BCUT2D eigenvalue weighted by atomic mass is 32.2. The zero-order valence-electron chi connectivity index (χ0n) is 6.63. The lowest BCUT2D eigenvalue weighted by Crippen LogP contribution is -2.35. The molecule has 2 saturated heterocycles. The first-order chi connectivity index (χ1) is 6.03. The lowest BCUT2D eigenvalue weighted by atomic mass is 10.2. The summed E-state index contributed by atoms with van der Waals surface area (Å²) < 4.78 is 22.4. The summed E-state index contributed by atoms with van der Waals surface area (Å²) in [6.07, 6.45) is 0.584. The molecule has 2 aliphatic rings. The van der Waals surface area contributed by atoms with Gasteiger partial charge in [0.05, 0.1) is 23.6 Å². The number of amides is 1. The molecule has 2 heterocycles. The first-order valence-corrected chi connectivity index (χ1v) is 6.01. The molecule has 1 amide bonds. The number of hydrogen-bond acceptors (Lipinski definition) is 4. The normalized spacial score (nSPS) is 35.7. The van der Waals surface area contributed by atoms with Crippen molar-refractivity contribution in [1.29, 1.82) is 0 Å². The molecule has 2 rings (SSSR count). The molecule has 0 bridgehead atoms. The van der Waals surface area contributed by atoms with Crippen molar-refractivity contribution in [2.45, 2.75) is 12.1 Å². The second-order valence-electron chi connectivity index (χ2n) is 3.21. The number of thiocarbonyl (C=S) groups is 1. The minimum Gasteiger partial charge on any atom is -0.356 e. The molecule has 0 aliphatic carbocycles. The van der Waals surface area contributed by atoms with Gasteiger partial charge in [0.15, 0.2) is 14.9 Å². The molecule has 0 unspecified atom stereocenters. The highest BCUT2D eigenvalue weighted by Gasteiger charge is 2.47. The van der Waals surface area contributed by atoms with Gasteiger partial charge >= 0.3 is 0 Å². The van der Waals surface area contributed by atoms with Gasteiger partial charge in [0.2, 0.25) is 6.41 Å². The van der Waals surface area contributed by atoms with Gasteiger partial charge in [-0.2, -0.15) is 0 Å². The van der Waals surface area contributed by atoms with Crippen LogP contribution in [0.15, 0.2) is 0 Å². The van der Waals surface area contributed by atoms with Crippen LogP contribution in [0.5, 0.6) is 0 Å². The second-order valence-corrected chi connectivity index (χ2v) is 5.75. The van der Waals surface area contributed by atoms with Gasteiger partial charge in [0.1, 0.15) is 0 Å². The third-order valence-corrected chi connectivity index (χ3v) is 4.38. The summed E-state index contributed by atoms with van der Waals surface area (Å²) in [5.41, 5.74) is 0. The smallest absolute Gasteiger partial charge is 0.216 e. The lowest BCUT2D eigenvalue weighted by molar-refractivity contribution is -0.115. The molecule has 0 spiro atoms. The van der Waals surface area contributed by atoms with Crippen LogP contribution in [0, 0.1) is 0 Å². The lowest BCUT2D eigenvalue weighted by Gasteiger charge is -2.13. The molecule has 1 N–H and O–H groups in total. The minimum atomic E-state index is -2.99. The topological polar surface area (TPSA) is 66.5 Å². The van der Waals surface area contributed by atoms with E-state index < -0.39 is 9.84 Å². The Bertz CT molecular complexity index is 364. The van der Waals surface area contributed by atoms with Crippen molar-refractivity contribution in [3.8, 4) is 0 Å². The Morgan fingerprint density at radius 3 is 2.85 bits per heavy atom. The van der Waals surface area contributed by atoms with E-state index in [-0.39, 0.29) is 23.6 Å². The van der Waals surface area contributed by atoms with E-state index in [2.05, 4.69) is 5.32 Å². The first kappa shape index (κ1) is 8.89. The van der Waals surface area contributed by atoms with Crippen LogP contribution < -0.4 is 5.32 Å². The van der Waals surface area contributed by atoms with Crippen LogP contribution in [0.2, 0.25) is 0 Å². The standard InChI is InChI=1S/C6H8N2O3S2/c9-3-8-5-2-13(10,11)1-4(5)7-6(8)12/h3-5H,1-2H2,(H,7,12)/t4-,5-/m0/s1. The predicted octanol–water partition coefficient (Wildman–Crippen LogP) is -1.50. The highest BCUT2D eigenvalue weighted by Crippen LogP contribution is 2.22. The van der Waals surface area contributed by atoms with Crippen LogP contribution in [-0.4, -0.2) is 48.4 Å². The van der Waals surface area contributed by atoms with Crippen LogP contribution in [0.25, 0.3) is 0 Å². The van der Waals surface area contributed by atoms with Gasteiger partial charge < -0.3 is 5.32 Å². The summed E-state index contributed by atoms with van der Waals surface area (Å²) in [6.45, 7) is 0. The van der Waals surface area contributed by atoms with E-state index in [1.54, 1.807) is 0 Å². The van der Waals surface area contributed by atoms with Crippen molar-refractivity contribution >= 4 is 33.6 Å². The SMILES string of the molecule is O=CN1C(=S)N[C@H]2CS(=O)(=O)C[C@@H]21. The van der Waals surface area contributed by atoms with E-state index in [0.717, 1.165) is 0 Å². The maximum atomic E-state index is 11.2. The fraction of sp³-hybridized carbons (Fsp3) is 0.667. The number of sulfone groups is 1. The third-order valence-electron chi connectivity index (χ3n) is 2.34. The Morgan fingerprint density at radius 2 is 2.23 bits per heavy atom. The Kier molecular flexibility index (Phi) is 1.81. The molecule has 2 aliphatic heterocycles. The van der Waals surface area contributed by atoms with Crippen molar-refractivity contribution in [1.82, 2.24) is 10.2 Å². The number of carbonyl (C=O) groups is 1. The fourth-order valence-corrected chi connectivity index (χ4v) is 3.98. The van der Waals surface area contributed by atoms with Crippen LogP contribution in [-0.2, 0) is 14.6 Å². The van der Waals surface area contributed by atoms with Gasteiger partial charge in [0, 0.05) is 0 Å². The maximum absolute atomic E-state index is 11.2. The molecule has 2 fully saturated rings. The van der Waals surface area contributed by atoms with Crippen molar-refractivity contribution < 1.29 is 13.2 Å². The van der Waals surface area contributed by atoms with Gasteiger partial charge in [0.25, 0.3) is 0 Å². The zero-order chi connectivity index (χ0) is 9.64. The molecular weight excluding hydrogens is 212 g/mol. The maximum Gasteiger partial charge on any atom is 0.216 e. The van der Waals surface area contributed by atoms with Gasteiger partial charge in [-0.15, -0.1) is 0 Å². The molecule has 0 aromatic carbocycles. The van der Waals surface area contributed by atoms with Crippen LogP contribution >= 0.6 is 12.2 Å². The van der Waals surface area contributed by atoms with Crippen molar-refractivity contribution in [3.05, 3.63) is 0 Å². The Labute approximate surface area is 81.0 Å². The van der Waals surface area contributed by atoms with Crippen LogP contribution in [0.3, 0.4) is 0 Å². The van der Waals surface area contributed by atoms with E-state index in [1.165, 1.54) is 4.90 Å². The number of nitrogens with zero attached hydrogens (tertiary/aromatic N) is 1. The molecule has 0 saturated carbocycles. The Hall–Kier alpha value is -0.690. The number of fused-ring (bicyclic) bond motifs is 1. The molecule has 72 valence electrons. The summed E-state index contributed by atoms with van der Waals surface area (Å²) in [5, 5.41) is 3.15. The Morgan fingerprint density at radius 1 is 1.54 bits per heavy atom. The quantitative estimate of drug-likeness (QED) is 0.430. The van der Waals surface area contributed by atoms with E-state index in [0.29, 0.717) is 11.5 Å². The van der Waals surface area contributed by atoms with E-state index in [1.807, 2.05) is 0 Å². The summed E-state index contributed by atoms with van der Waals surface area (Å²) in [6, 6.07) is -0.502. The molecule has 7 heteroatoms. The van der Waals surface area contributed by atoms with Crippen molar-refractivity contribution in [3.63, 3.8) is 0 Å². The molecule has 0 aromatic heterocycles. The van der Waals surface area contributed by atoms with Gasteiger partial charge in [-0.05, 0) is 12.2 Å². The number of nitrogens with one attached hydrogen (secondary N) is 1. The molecular formula is C6H8N2O3S2. The van der Waals surface area contributed by atoms with Gasteiger partial charge in [-0.3, -0.25) is 9.69 Å². The number of rotatable bonds is 1. The second kappa shape index (κ2) is 2.65. The molecule has 0 aromatic rings. The average molecular weight is 220 g/mol. The van der Waals surface area contributed by atoms with Gasteiger partial charge in [-0.25, -0.2) is 8.42 Å². The third kappa shape index (κ3) is 1.31. The van der Waals surface area contributed by atoms with E-state index in [9.17, 15) is 13.2 Å². The molecule has 13 heavy (non-hydrogen) atoms. The first-order valence-electron chi connectivity index (χ1n) is 3.78. The van der Waals surface area contributed by atoms with E-state index in [4.69, 9.17) is 12.2 Å². The monoisotopic (exact) mass is 220 g/mol.